The quantitative estimate of drug-likeness (QED) is 0.325. The minimum absolute atomic E-state index is 0.196. The lowest BCUT2D eigenvalue weighted by molar-refractivity contribution is 0.0977. The van der Waals surface area contributed by atoms with Crippen molar-refractivity contribution in [1.82, 2.24) is 20.3 Å². The summed E-state index contributed by atoms with van der Waals surface area (Å²) in [7, 11) is 0. The van der Waals surface area contributed by atoms with Gasteiger partial charge in [0.05, 0.1) is 16.6 Å². The van der Waals surface area contributed by atoms with E-state index in [-0.39, 0.29) is 11.0 Å². The van der Waals surface area contributed by atoms with Gasteiger partial charge in [0.2, 0.25) is 0 Å². The largest absolute Gasteiger partial charge is 0.338 e. The van der Waals surface area contributed by atoms with Crippen LogP contribution in [0.5, 0.6) is 0 Å². The van der Waals surface area contributed by atoms with Crippen molar-refractivity contribution in [2.24, 2.45) is 0 Å². The number of hydrogen-bond acceptors (Lipinski definition) is 4. The monoisotopic (exact) mass is 499 g/mol. The van der Waals surface area contributed by atoms with Crippen LogP contribution in [0.4, 0.5) is 5.69 Å². The second-order valence-corrected chi connectivity index (χ2v) is 8.31. The van der Waals surface area contributed by atoms with Crippen molar-refractivity contribution in [2.45, 2.75) is 6.92 Å². The zero-order valence-corrected chi connectivity index (χ0v) is 18.8. The maximum atomic E-state index is 12.2. The number of hydrogen-bond donors (Lipinski definition) is 3. The highest BCUT2D eigenvalue weighted by Gasteiger charge is 2.10. The molecule has 2 heterocycles. The van der Waals surface area contributed by atoms with Gasteiger partial charge in [0.25, 0.3) is 5.91 Å². The van der Waals surface area contributed by atoms with Gasteiger partial charge >= 0.3 is 0 Å². The normalized spacial score (nSPS) is 10.8. The number of amides is 1. The number of carbonyl (C=O) groups excluding carboxylic acids is 1. The van der Waals surface area contributed by atoms with E-state index in [1.807, 2.05) is 43.3 Å². The molecular weight excluding hydrogens is 486 g/mol. The number of nitrogens with one attached hydrogen (secondary N) is 3. The molecule has 0 bridgehead atoms. The van der Waals surface area contributed by atoms with Crippen LogP contribution < -0.4 is 10.6 Å². The molecule has 150 valence electrons. The minimum atomic E-state index is -0.339. The molecule has 0 radical (unpaired) electrons. The molecule has 0 fully saturated rings. The Bertz CT molecular complexity index is 1230. The lowest BCUT2D eigenvalue weighted by Gasteiger charge is -2.10. The molecule has 0 atom stereocenters. The first-order valence-electron chi connectivity index (χ1n) is 8.88. The van der Waals surface area contributed by atoms with E-state index in [9.17, 15) is 4.79 Å². The first kappa shape index (κ1) is 20.5. The average Bonchev–Trinajstić information content (AvgIpc) is 3.11. The topological polar surface area (TPSA) is 82.7 Å². The summed E-state index contributed by atoms with van der Waals surface area (Å²) in [6.07, 6.45) is 3.08. The lowest BCUT2D eigenvalue weighted by atomic mass is 10.2. The number of halogens is 2. The Labute approximate surface area is 191 Å². The fourth-order valence-corrected chi connectivity index (χ4v) is 3.59. The molecule has 0 aliphatic carbocycles. The molecule has 0 saturated heterocycles. The Balaban J connectivity index is 1.44. The van der Waals surface area contributed by atoms with Crippen LogP contribution in [0.25, 0.3) is 22.4 Å². The van der Waals surface area contributed by atoms with E-state index < -0.39 is 0 Å². The maximum Gasteiger partial charge on any atom is 0.259 e. The fraction of sp³-hybridized carbons (Fsp3) is 0.0476. The van der Waals surface area contributed by atoms with Crippen molar-refractivity contribution in [3.05, 3.63) is 75.5 Å². The van der Waals surface area contributed by atoms with E-state index in [2.05, 4.69) is 41.5 Å². The summed E-state index contributed by atoms with van der Waals surface area (Å²) in [6, 6.07) is 13.0. The summed E-state index contributed by atoms with van der Waals surface area (Å²) in [5, 5.41) is 6.52. The van der Waals surface area contributed by atoms with Crippen LogP contribution in [0, 0.1) is 6.92 Å². The number of carbonyl (C=O) groups is 1. The lowest BCUT2D eigenvalue weighted by Crippen LogP contribution is -2.34. The van der Waals surface area contributed by atoms with Crippen molar-refractivity contribution in [2.75, 3.05) is 5.32 Å². The van der Waals surface area contributed by atoms with Gasteiger partial charge in [-0.1, -0.05) is 11.6 Å². The third-order valence-electron chi connectivity index (χ3n) is 4.37. The molecule has 4 aromatic rings. The molecule has 9 heteroatoms. The molecule has 0 aliphatic rings. The molecular formula is C21H15BrClN5OS. The summed E-state index contributed by atoms with van der Waals surface area (Å²) < 4.78 is 0.715. The molecule has 4 rings (SSSR count). The van der Waals surface area contributed by atoms with Crippen LogP contribution in [0.1, 0.15) is 15.9 Å². The molecule has 2 aromatic heterocycles. The van der Waals surface area contributed by atoms with Crippen molar-refractivity contribution in [3.63, 3.8) is 0 Å². The van der Waals surface area contributed by atoms with Crippen LogP contribution in [0.3, 0.4) is 0 Å². The third-order valence-corrected chi connectivity index (χ3v) is 5.42. The van der Waals surface area contributed by atoms with E-state index in [1.165, 1.54) is 6.20 Å². The summed E-state index contributed by atoms with van der Waals surface area (Å²) in [6.45, 7) is 1.96. The molecule has 1 amide bonds. The fourth-order valence-electron chi connectivity index (χ4n) is 2.86. The Morgan fingerprint density at radius 1 is 1.17 bits per heavy atom. The highest BCUT2D eigenvalue weighted by molar-refractivity contribution is 9.10. The average molecular weight is 501 g/mol. The Morgan fingerprint density at radius 3 is 2.67 bits per heavy atom. The number of H-pyrrole nitrogens is 1. The minimum Gasteiger partial charge on any atom is -0.338 e. The summed E-state index contributed by atoms with van der Waals surface area (Å²) in [5.41, 5.74) is 4.80. The molecule has 0 spiro atoms. The van der Waals surface area contributed by atoms with E-state index >= 15 is 0 Å². The van der Waals surface area contributed by atoms with Crippen LogP contribution in [0.2, 0.25) is 5.02 Å². The van der Waals surface area contributed by atoms with Gasteiger partial charge in [-0.25, -0.2) is 4.98 Å². The van der Waals surface area contributed by atoms with Crippen LogP contribution >= 0.6 is 39.7 Å². The number of rotatable bonds is 3. The van der Waals surface area contributed by atoms with Gasteiger partial charge < -0.3 is 10.3 Å². The standard InChI is InChI=1S/C21H15BrClN5OS/c1-11-6-17-18(8-16(11)23)27-19(26-17)12-2-4-15(5-3-12)25-21(30)28-20(29)13-7-14(22)10-24-9-13/h2-10H,1H3,(H,26,27)(H2,25,28,29,30). The number of thiocarbonyl (C=S) groups is 1. The molecule has 30 heavy (non-hydrogen) atoms. The van der Waals surface area contributed by atoms with Crippen molar-refractivity contribution in [3.8, 4) is 11.4 Å². The number of aromatic amines is 1. The van der Waals surface area contributed by atoms with E-state index in [1.54, 1.807) is 12.3 Å². The molecule has 0 aliphatic heterocycles. The van der Waals surface area contributed by atoms with E-state index in [0.717, 1.165) is 33.7 Å². The third kappa shape index (κ3) is 4.51. The molecule has 3 N–H and O–H groups in total. The highest BCUT2D eigenvalue weighted by Crippen LogP contribution is 2.26. The Hall–Kier alpha value is -2.81. The SMILES string of the molecule is Cc1cc2[nH]c(-c3ccc(NC(=S)NC(=O)c4cncc(Br)c4)cc3)nc2cc1Cl. The van der Waals surface area contributed by atoms with Crippen molar-refractivity contribution >= 4 is 67.5 Å². The number of aromatic nitrogens is 3. The van der Waals surface area contributed by atoms with Crippen LogP contribution in [0.15, 0.2) is 59.3 Å². The molecule has 6 nitrogen and oxygen atoms in total. The first-order chi connectivity index (χ1) is 14.4. The number of imidazole rings is 1. The van der Waals surface area contributed by atoms with Gasteiger partial charge in [-0.3, -0.25) is 15.1 Å². The summed E-state index contributed by atoms with van der Waals surface area (Å²) >= 11 is 14.7. The van der Waals surface area contributed by atoms with Gasteiger partial charge in [-0.15, -0.1) is 0 Å². The van der Waals surface area contributed by atoms with E-state index in [4.69, 9.17) is 23.8 Å². The number of anilines is 1. The number of aryl methyl sites for hydroxylation is 1. The van der Waals surface area contributed by atoms with Gasteiger partial charge in [0.15, 0.2) is 5.11 Å². The number of fused-ring (bicyclic) bond motifs is 1. The Morgan fingerprint density at radius 2 is 1.93 bits per heavy atom. The van der Waals surface area contributed by atoms with Crippen molar-refractivity contribution < 1.29 is 4.79 Å². The molecule has 0 unspecified atom stereocenters. The van der Waals surface area contributed by atoms with Crippen LogP contribution in [-0.2, 0) is 0 Å². The summed E-state index contributed by atoms with van der Waals surface area (Å²) in [4.78, 5) is 24.1. The zero-order valence-electron chi connectivity index (χ0n) is 15.7. The number of nitrogens with zero attached hydrogens (tertiary/aromatic N) is 2. The molecule has 0 saturated carbocycles. The predicted octanol–water partition coefficient (Wildman–Crippen LogP) is 5.48. The van der Waals surface area contributed by atoms with Gasteiger partial charge in [0.1, 0.15) is 5.82 Å². The maximum absolute atomic E-state index is 12.2. The zero-order chi connectivity index (χ0) is 21.3. The first-order valence-corrected chi connectivity index (χ1v) is 10.5. The highest BCUT2D eigenvalue weighted by atomic mass is 79.9. The van der Waals surface area contributed by atoms with Gasteiger partial charge in [-0.2, -0.15) is 0 Å². The second kappa shape index (κ2) is 8.51. The predicted molar refractivity (Wildman–Crippen MR) is 127 cm³/mol. The van der Waals surface area contributed by atoms with Gasteiger partial charge in [-0.05, 0) is 83.1 Å². The van der Waals surface area contributed by atoms with Crippen molar-refractivity contribution in [1.29, 1.82) is 0 Å². The summed E-state index contributed by atoms with van der Waals surface area (Å²) in [5.74, 6) is 0.408. The van der Waals surface area contributed by atoms with Gasteiger partial charge in [0, 0.05) is 33.1 Å². The number of benzene rings is 2. The Kier molecular flexibility index (Phi) is 5.80. The smallest absolute Gasteiger partial charge is 0.259 e. The van der Waals surface area contributed by atoms with Crippen LogP contribution in [-0.4, -0.2) is 26.0 Å². The second-order valence-electron chi connectivity index (χ2n) is 6.58. The van der Waals surface area contributed by atoms with E-state index in [0.29, 0.717) is 15.1 Å². The molecule has 2 aromatic carbocycles. The number of pyridine rings is 1.